The van der Waals surface area contributed by atoms with Crippen LogP contribution in [0.5, 0.6) is 0 Å². The van der Waals surface area contributed by atoms with Gasteiger partial charge < -0.3 is 0 Å². The summed E-state index contributed by atoms with van der Waals surface area (Å²) in [4.78, 5) is 0.0769. The lowest BCUT2D eigenvalue weighted by atomic mass is 10.1. The van der Waals surface area contributed by atoms with Gasteiger partial charge >= 0.3 is 0 Å². The van der Waals surface area contributed by atoms with Crippen LogP contribution in [0.25, 0.3) is 0 Å². The average molecular weight is 220 g/mol. The minimum atomic E-state index is -1.08. The minimum absolute atomic E-state index is 0.0769. The van der Waals surface area contributed by atoms with Crippen LogP contribution in [0.15, 0.2) is 4.90 Å². The van der Waals surface area contributed by atoms with Crippen molar-refractivity contribution >= 4 is 11.8 Å². The van der Waals surface area contributed by atoms with Crippen molar-refractivity contribution in [2.24, 2.45) is 0 Å². The maximum Gasteiger partial charge on any atom is 0.173 e. The summed E-state index contributed by atoms with van der Waals surface area (Å²) in [6.45, 7) is 4.50. The SMILES string of the molecule is CCSc1c(C)c(F)c(C)c(F)c1F. The van der Waals surface area contributed by atoms with E-state index in [0.717, 1.165) is 11.8 Å². The molecule has 0 aliphatic carbocycles. The second-order valence-electron chi connectivity index (χ2n) is 2.95. The van der Waals surface area contributed by atoms with E-state index < -0.39 is 17.5 Å². The Balaban J connectivity index is 3.43. The predicted octanol–water partition coefficient (Wildman–Crippen LogP) is 3.83. The molecule has 0 saturated heterocycles. The first-order valence-electron chi connectivity index (χ1n) is 4.27. The Morgan fingerprint density at radius 1 is 0.929 bits per heavy atom. The van der Waals surface area contributed by atoms with Crippen molar-refractivity contribution in [1.29, 1.82) is 0 Å². The molecule has 78 valence electrons. The fraction of sp³-hybridized carbons (Fsp3) is 0.400. The first-order chi connectivity index (χ1) is 6.50. The van der Waals surface area contributed by atoms with Gasteiger partial charge in [0.2, 0.25) is 0 Å². The lowest BCUT2D eigenvalue weighted by Crippen LogP contribution is -2.01. The number of hydrogen-bond acceptors (Lipinski definition) is 1. The second kappa shape index (κ2) is 4.26. The molecule has 0 heterocycles. The summed E-state index contributed by atoms with van der Waals surface area (Å²) in [5.74, 6) is -2.09. The van der Waals surface area contributed by atoms with Gasteiger partial charge in [0.1, 0.15) is 5.82 Å². The van der Waals surface area contributed by atoms with Crippen LogP contribution in [0.1, 0.15) is 18.1 Å². The third kappa shape index (κ3) is 1.75. The van der Waals surface area contributed by atoms with Crippen LogP contribution in [0.3, 0.4) is 0 Å². The summed E-state index contributed by atoms with van der Waals surface area (Å²) in [6.07, 6.45) is 0. The highest BCUT2D eigenvalue weighted by Crippen LogP contribution is 2.31. The van der Waals surface area contributed by atoms with Crippen molar-refractivity contribution in [2.75, 3.05) is 5.75 Å². The topological polar surface area (TPSA) is 0 Å². The summed E-state index contributed by atoms with van der Waals surface area (Å²) in [6, 6.07) is 0. The van der Waals surface area contributed by atoms with Crippen LogP contribution in [0.4, 0.5) is 13.2 Å². The third-order valence-corrected chi connectivity index (χ3v) is 3.07. The van der Waals surface area contributed by atoms with Gasteiger partial charge in [-0.2, -0.15) is 0 Å². The molecule has 1 aromatic rings. The quantitative estimate of drug-likeness (QED) is 0.539. The average Bonchev–Trinajstić information content (AvgIpc) is 2.19. The van der Waals surface area contributed by atoms with E-state index in [4.69, 9.17) is 0 Å². The van der Waals surface area contributed by atoms with Crippen molar-refractivity contribution in [1.82, 2.24) is 0 Å². The normalized spacial score (nSPS) is 10.7. The van der Waals surface area contributed by atoms with Crippen molar-refractivity contribution in [3.63, 3.8) is 0 Å². The number of benzene rings is 1. The molecule has 14 heavy (non-hydrogen) atoms. The summed E-state index contributed by atoms with van der Waals surface area (Å²) >= 11 is 1.11. The molecule has 0 amide bonds. The molecule has 0 bridgehead atoms. The molecule has 0 aromatic heterocycles. The standard InChI is InChI=1S/C10H11F3S/c1-4-14-10-6(3)7(11)5(2)8(12)9(10)13/h4H2,1-3H3. The molecule has 4 heteroatoms. The Kier molecular flexibility index (Phi) is 3.48. The molecule has 0 spiro atoms. The van der Waals surface area contributed by atoms with Crippen LogP contribution in [-0.2, 0) is 0 Å². The van der Waals surface area contributed by atoms with E-state index in [1.807, 2.05) is 0 Å². The fourth-order valence-electron chi connectivity index (χ4n) is 1.22. The molecular formula is C10H11F3S. The Morgan fingerprint density at radius 2 is 1.50 bits per heavy atom. The lowest BCUT2D eigenvalue weighted by Gasteiger charge is -2.10. The van der Waals surface area contributed by atoms with Gasteiger partial charge in [0.05, 0.1) is 4.90 Å². The first kappa shape index (κ1) is 11.4. The molecule has 1 rings (SSSR count). The zero-order chi connectivity index (χ0) is 10.9. The van der Waals surface area contributed by atoms with Gasteiger partial charge in [-0.05, 0) is 19.6 Å². The number of rotatable bonds is 2. The van der Waals surface area contributed by atoms with Crippen LogP contribution in [0, 0.1) is 31.3 Å². The van der Waals surface area contributed by atoms with Crippen LogP contribution < -0.4 is 0 Å². The minimum Gasteiger partial charge on any atom is -0.206 e. The summed E-state index contributed by atoms with van der Waals surface area (Å²) in [7, 11) is 0. The van der Waals surface area contributed by atoms with E-state index in [-0.39, 0.29) is 16.0 Å². The molecule has 0 aliphatic heterocycles. The van der Waals surface area contributed by atoms with Gasteiger partial charge in [-0.1, -0.05) is 6.92 Å². The van der Waals surface area contributed by atoms with Crippen LogP contribution >= 0.6 is 11.8 Å². The zero-order valence-electron chi connectivity index (χ0n) is 8.25. The van der Waals surface area contributed by atoms with E-state index >= 15 is 0 Å². The number of hydrogen-bond donors (Lipinski definition) is 0. The van der Waals surface area contributed by atoms with E-state index in [1.54, 1.807) is 6.92 Å². The summed E-state index contributed by atoms with van der Waals surface area (Å²) in [5, 5.41) is 0. The summed E-state index contributed by atoms with van der Waals surface area (Å²) in [5.41, 5.74) is -0.0614. The summed E-state index contributed by atoms with van der Waals surface area (Å²) < 4.78 is 39.8. The maximum absolute atomic E-state index is 13.3. The molecule has 0 unspecified atom stereocenters. The van der Waals surface area contributed by atoms with Crippen LogP contribution in [0.2, 0.25) is 0 Å². The molecule has 0 radical (unpaired) electrons. The third-order valence-electron chi connectivity index (χ3n) is 2.01. The van der Waals surface area contributed by atoms with Crippen molar-refractivity contribution < 1.29 is 13.2 Å². The Bertz CT molecular complexity index is 332. The van der Waals surface area contributed by atoms with Gasteiger partial charge in [0, 0.05) is 11.1 Å². The van der Waals surface area contributed by atoms with Gasteiger partial charge in [-0.25, -0.2) is 13.2 Å². The van der Waals surface area contributed by atoms with Gasteiger partial charge in [0.15, 0.2) is 11.6 Å². The highest BCUT2D eigenvalue weighted by molar-refractivity contribution is 7.99. The molecule has 0 N–H and O–H groups in total. The zero-order valence-corrected chi connectivity index (χ0v) is 9.07. The number of halogens is 3. The molecule has 0 saturated carbocycles. The van der Waals surface area contributed by atoms with Crippen molar-refractivity contribution in [3.8, 4) is 0 Å². The molecule has 0 fully saturated rings. The van der Waals surface area contributed by atoms with E-state index in [2.05, 4.69) is 0 Å². The highest BCUT2D eigenvalue weighted by Gasteiger charge is 2.19. The highest BCUT2D eigenvalue weighted by atomic mass is 32.2. The molecule has 0 aliphatic rings. The smallest absolute Gasteiger partial charge is 0.173 e. The van der Waals surface area contributed by atoms with Gasteiger partial charge in [0.25, 0.3) is 0 Å². The molecule has 0 atom stereocenters. The molecule has 1 aromatic carbocycles. The fourth-order valence-corrected chi connectivity index (χ4v) is 2.03. The van der Waals surface area contributed by atoms with Crippen molar-refractivity contribution in [3.05, 3.63) is 28.6 Å². The van der Waals surface area contributed by atoms with Gasteiger partial charge in [-0.15, -0.1) is 11.8 Å². The van der Waals surface area contributed by atoms with Crippen molar-refractivity contribution in [2.45, 2.75) is 25.7 Å². The Morgan fingerprint density at radius 3 is 2.00 bits per heavy atom. The monoisotopic (exact) mass is 220 g/mol. The van der Waals surface area contributed by atoms with E-state index in [9.17, 15) is 13.2 Å². The van der Waals surface area contributed by atoms with Gasteiger partial charge in [-0.3, -0.25) is 0 Å². The Hall–Kier alpha value is -0.640. The van der Waals surface area contributed by atoms with E-state index in [0.29, 0.717) is 5.75 Å². The largest absolute Gasteiger partial charge is 0.206 e. The second-order valence-corrected chi connectivity index (χ2v) is 4.23. The number of thioether (sulfide) groups is 1. The first-order valence-corrected chi connectivity index (χ1v) is 5.25. The van der Waals surface area contributed by atoms with E-state index in [1.165, 1.54) is 13.8 Å². The molecular weight excluding hydrogens is 209 g/mol. The Labute approximate surface area is 85.5 Å². The molecule has 0 nitrogen and oxygen atoms in total. The lowest BCUT2D eigenvalue weighted by molar-refractivity contribution is 0.464. The maximum atomic E-state index is 13.3. The van der Waals surface area contributed by atoms with Crippen LogP contribution in [-0.4, -0.2) is 5.75 Å². The predicted molar refractivity (Wildman–Crippen MR) is 52.2 cm³/mol.